The molecule has 0 aliphatic heterocycles. The van der Waals surface area contributed by atoms with E-state index in [0.717, 1.165) is 5.75 Å². The van der Waals surface area contributed by atoms with E-state index in [0.29, 0.717) is 36.4 Å². The Morgan fingerprint density at radius 2 is 2.00 bits per heavy atom. The van der Waals surface area contributed by atoms with Crippen LogP contribution in [0, 0.1) is 0 Å². The summed E-state index contributed by atoms with van der Waals surface area (Å²) >= 11 is 0. The van der Waals surface area contributed by atoms with E-state index in [4.69, 9.17) is 9.47 Å². The number of hydrogen-bond donors (Lipinski definition) is 2. The summed E-state index contributed by atoms with van der Waals surface area (Å²) in [5, 5.41) is 2.69. The van der Waals surface area contributed by atoms with Crippen molar-refractivity contribution in [2.45, 2.75) is 0 Å². The van der Waals surface area contributed by atoms with E-state index in [1.165, 1.54) is 12.3 Å². The lowest BCUT2D eigenvalue weighted by atomic mass is 10.3. The molecule has 1 amide bonds. The highest BCUT2D eigenvalue weighted by atomic mass is 16.5. The molecule has 0 bridgehead atoms. The van der Waals surface area contributed by atoms with Gasteiger partial charge < -0.3 is 19.8 Å². The van der Waals surface area contributed by atoms with E-state index in [9.17, 15) is 9.59 Å². The predicted molar refractivity (Wildman–Crippen MR) is 77.0 cm³/mol. The molecule has 2 N–H and O–H groups in total. The molecule has 0 fully saturated rings. The zero-order valence-corrected chi connectivity index (χ0v) is 11.6. The topological polar surface area (TPSA) is 80.4 Å². The van der Waals surface area contributed by atoms with Crippen molar-refractivity contribution in [3.63, 3.8) is 0 Å². The third kappa shape index (κ3) is 4.10. The maximum Gasteiger partial charge on any atom is 0.267 e. The second kappa shape index (κ2) is 7.14. The van der Waals surface area contributed by atoms with Gasteiger partial charge in [-0.1, -0.05) is 0 Å². The molecule has 1 aromatic heterocycles. The molecule has 1 heterocycles. The molecule has 0 aliphatic carbocycles. The molecule has 2 rings (SSSR count). The third-order valence-corrected chi connectivity index (χ3v) is 2.80. The minimum atomic E-state index is -0.276. The number of benzene rings is 1. The van der Waals surface area contributed by atoms with Crippen LogP contribution in [-0.2, 0) is 0 Å². The summed E-state index contributed by atoms with van der Waals surface area (Å²) in [6.07, 6.45) is 2.16. The molecule has 0 radical (unpaired) electrons. The summed E-state index contributed by atoms with van der Waals surface area (Å²) < 4.78 is 10.5. The first-order chi connectivity index (χ1) is 10.2. The monoisotopic (exact) mass is 288 g/mol. The molecular formula is C15H16N2O4. The van der Waals surface area contributed by atoms with Gasteiger partial charge in [-0.2, -0.15) is 0 Å². The zero-order valence-electron chi connectivity index (χ0n) is 11.6. The van der Waals surface area contributed by atoms with Crippen LogP contribution in [0.4, 0.5) is 0 Å². The molecule has 2 aromatic rings. The van der Waals surface area contributed by atoms with Crippen molar-refractivity contribution in [2.24, 2.45) is 0 Å². The highest BCUT2D eigenvalue weighted by Crippen LogP contribution is 2.16. The quantitative estimate of drug-likeness (QED) is 0.599. The Labute approximate surface area is 122 Å². The number of aromatic amines is 1. The van der Waals surface area contributed by atoms with Gasteiger partial charge in [0.25, 0.3) is 5.91 Å². The molecule has 21 heavy (non-hydrogen) atoms. The van der Waals surface area contributed by atoms with Gasteiger partial charge in [-0.05, 0) is 30.3 Å². The van der Waals surface area contributed by atoms with Crippen LogP contribution in [0.25, 0.3) is 0 Å². The van der Waals surface area contributed by atoms with Gasteiger partial charge in [-0.25, -0.2) is 0 Å². The summed E-state index contributed by atoms with van der Waals surface area (Å²) in [6.45, 7) is 0.708. The molecule has 0 atom stereocenters. The average molecular weight is 288 g/mol. The second-order valence-electron chi connectivity index (χ2n) is 4.24. The molecule has 6 heteroatoms. The van der Waals surface area contributed by atoms with Crippen molar-refractivity contribution < 1.29 is 19.1 Å². The number of nitrogens with one attached hydrogen (secondary N) is 2. The molecule has 110 valence electrons. The lowest BCUT2D eigenvalue weighted by Gasteiger charge is -2.07. The Bertz CT molecular complexity index is 604. The van der Waals surface area contributed by atoms with Crippen molar-refractivity contribution in [1.29, 1.82) is 0 Å². The highest BCUT2D eigenvalue weighted by molar-refractivity contribution is 5.94. The Balaban J connectivity index is 1.73. The van der Waals surface area contributed by atoms with Gasteiger partial charge in [0.1, 0.15) is 23.8 Å². The van der Waals surface area contributed by atoms with Crippen molar-refractivity contribution in [2.75, 3.05) is 20.3 Å². The van der Waals surface area contributed by atoms with Crippen molar-refractivity contribution in [3.05, 3.63) is 47.8 Å². The van der Waals surface area contributed by atoms with E-state index in [1.807, 2.05) is 0 Å². The van der Waals surface area contributed by atoms with E-state index in [2.05, 4.69) is 10.3 Å². The number of carbonyl (C=O) groups is 2. The number of aromatic nitrogens is 1. The van der Waals surface area contributed by atoms with Gasteiger partial charge in [0.05, 0.1) is 13.7 Å². The number of carbonyl (C=O) groups excluding carboxylic acids is 2. The standard InChI is InChI=1S/C15H16N2O4/c1-20-12-2-4-13(5-3-12)21-7-6-16-15(19)14-8-11(10-18)9-17-14/h2-5,8-10,17H,6-7H2,1H3,(H,16,19). The Kier molecular flexibility index (Phi) is 4.98. The fourth-order valence-corrected chi connectivity index (χ4v) is 1.71. The van der Waals surface area contributed by atoms with Crippen LogP contribution in [0.5, 0.6) is 11.5 Å². The largest absolute Gasteiger partial charge is 0.497 e. The first kappa shape index (κ1) is 14.6. The molecule has 0 spiro atoms. The lowest BCUT2D eigenvalue weighted by Crippen LogP contribution is -2.28. The zero-order chi connectivity index (χ0) is 15.1. The Hall–Kier alpha value is -2.76. The van der Waals surface area contributed by atoms with E-state index in [1.54, 1.807) is 31.4 Å². The van der Waals surface area contributed by atoms with Crippen molar-refractivity contribution >= 4 is 12.2 Å². The molecule has 0 saturated heterocycles. The van der Waals surface area contributed by atoms with Gasteiger partial charge in [0.2, 0.25) is 0 Å². The molecular weight excluding hydrogens is 272 g/mol. The number of ether oxygens (including phenoxy) is 2. The number of H-pyrrole nitrogens is 1. The van der Waals surface area contributed by atoms with Crippen LogP contribution in [0.15, 0.2) is 36.5 Å². The van der Waals surface area contributed by atoms with Crippen LogP contribution in [0.2, 0.25) is 0 Å². The van der Waals surface area contributed by atoms with Gasteiger partial charge in [-0.15, -0.1) is 0 Å². The summed E-state index contributed by atoms with van der Waals surface area (Å²) in [5.74, 6) is 1.18. The van der Waals surface area contributed by atoms with Crippen molar-refractivity contribution in [1.82, 2.24) is 10.3 Å². The van der Waals surface area contributed by atoms with E-state index >= 15 is 0 Å². The SMILES string of the molecule is COc1ccc(OCCNC(=O)c2cc(C=O)c[nH]2)cc1. The molecule has 0 aliphatic rings. The van der Waals surface area contributed by atoms with Gasteiger partial charge in [-0.3, -0.25) is 9.59 Å². The third-order valence-electron chi connectivity index (χ3n) is 2.80. The summed E-state index contributed by atoms with van der Waals surface area (Å²) in [5.41, 5.74) is 0.788. The Morgan fingerprint density at radius 3 is 2.62 bits per heavy atom. The maximum atomic E-state index is 11.7. The number of methoxy groups -OCH3 is 1. The minimum Gasteiger partial charge on any atom is -0.497 e. The molecule has 6 nitrogen and oxygen atoms in total. The summed E-state index contributed by atoms with van der Waals surface area (Å²) in [4.78, 5) is 25.0. The fraction of sp³-hybridized carbons (Fsp3) is 0.200. The highest BCUT2D eigenvalue weighted by Gasteiger charge is 2.07. The molecule has 0 unspecified atom stereocenters. The summed E-state index contributed by atoms with van der Waals surface area (Å²) in [7, 11) is 1.60. The number of aldehydes is 1. The van der Waals surface area contributed by atoms with Gasteiger partial charge >= 0.3 is 0 Å². The smallest absolute Gasteiger partial charge is 0.267 e. The predicted octanol–water partition coefficient (Wildman–Crippen LogP) is 1.64. The number of hydrogen-bond acceptors (Lipinski definition) is 4. The second-order valence-corrected chi connectivity index (χ2v) is 4.24. The van der Waals surface area contributed by atoms with Crippen LogP contribution in [-0.4, -0.2) is 37.4 Å². The normalized spacial score (nSPS) is 9.95. The van der Waals surface area contributed by atoms with Crippen LogP contribution in [0.1, 0.15) is 20.8 Å². The van der Waals surface area contributed by atoms with Crippen LogP contribution >= 0.6 is 0 Å². The average Bonchev–Trinajstić information content (AvgIpc) is 3.01. The lowest BCUT2D eigenvalue weighted by molar-refractivity contribution is 0.0942. The first-order valence-corrected chi connectivity index (χ1v) is 6.41. The number of rotatable bonds is 7. The van der Waals surface area contributed by atoms with Crippen molar-refractivity contribution in [3.8, 4) is 11.5 Å². The van der Waals surface area contributed by atoms with E-state index in [-0.39, 0.29) is 5.91 Å². The minimum absolute atomic E-state index is 0.276. The fourth-order valence-electron chi connectivity index (χ4n) is 1.71. The Morgan fingerprint density at radius 1 is 1.29 bits per heavy atom. The van der Waals surface area contributed by atoms with Crippen LogP contribution in [0.3, 0.4) is 0 Å². The molecule has 0 saturated carbocycles. The number of amides is 1. The molecule has 1 aromatic carbocycles. The van der Waals surface area contributed by atoms with Crippen LogP contribution < -0.4 is 14.8 Å². The first-order valence-electron chi connectivity index (χ1n) is 6.41. The van der Waals surface area contributed by atoms with E-state index < -0.39 is 0 Å². The summed E-state index contributed by atoms with van der Waals surface area (Å²) in [6, 6.07) is 8.68. The van der Waals surface area contributed by atoms with Gasteiger partial charge in [0, 0.05) is 11.8 Å². The van der Waals surface area contributed by atoms with Gasteiger partial charge in [0.15, 0.2) is 6.29 Å². The maximum absolute atomic E-state index is 11.7.